The molecule has 6 nitrogen and oxygen atoms in total. The maximum atomic E-state index is 13.5. The normalized spacial score (nSPS) is 34.6. The summed E-state index contributed by atoms with van der Waals surface area (Å²) in [6.45, 7) is 2.05. The van der Waals surface area contributed by atoms with Crippen molar-refractivity contribution in [2.24, 2.45) is 23.7 Å². The van der Waals surface area contributed by atoms with E-state index in [2.05, 4.69) is 6.92 Å². The van der Waals surface area contributed by atoms with Gasteiger partial charge >= 0.3 is 0 Å². The van der Waals surface area contributed by atoms with Crippen LogP contribution < -0.4 is 4.90 Å². The lowest BCUT2D eigenvalue weighted by molar-refractivity contribution is -0.270. The van der Waals surface area contributed by atoms with Gasteiger partial charge < -0.3 is 14.9 Å². The molecule has 162 valence electrons. The van der Waals surface area contributed by atoms with Crippen molar-refractivity contribution in [1.82, 2.24) is 0 Å². The Labute approximate surface area is 181 Å². The van der Waals surface area contributed by atoms with Crippen molar-refractivity contribution >= 4 is 17.5 Å². The monoisotopic (exact) mass is 421 g/mol. The molecule has 0 spiro atoms. The van der Waals surface area contributed by atoms with E-state index in [1.807, 2.05) is 18.2 Å². The number of anilines is 1. The summed E-state index contributed by atoms with van der Waals surface area (Å²) in [5.74, 6) is -3.37. The number of hydrogen-bond donors (Lipinski definition) is 2. The first-order valence-corrected chi connectivity index (χ1v) is 11.1. The summed E-state index contributed by atoms with van der Waals surface area (Å²) in [6.07, 6.45) is 2.11. The fraction of sp³-hybridized carbons (Fsp3) is 0.440. The third-order valence-corrected chi connectivity index (χ3v) is 7.28. The van der Waals surface area contributed by atoms with Crippen molar-refractivity contribution < 1.29 is 24.5 Å². The fourth-order valence-corrected chi connectivity index (χ4v) is 5.89. The maximum absolute atomic E-state index is 13.5. The molecule has 3 aliphatic rings. The van der Waals surface area contributed by atoms with E-state index < -0.39 is 23.5 Å². The number of imide groups is 1. The van der Waals surface area contributed by atoms with Gasteiger partial charge in [0.25, 0.3) is 0 Å². The van der Waals surface area contributed by atoms with Gasteiger partial charge in [-0.3, -0.25) is 14.5 Å². The van der Waals surface area contributed by atoms with Crippen LogP contribution in [0.2, 0.25) is 0 Å². The molecule has 5 rings (SSSR count). The maximum Gasteiger partial charge on any atom is 0.238 e. The number of para-hydroxylation sites is 1. The van der Waals surface area contributed by atoms with Crippen molar-refractivity contribution in [3.8, 4) is 5.75 Å². The number of hydrogen-bond acceptors (Lipinski definition) is 5. The molecule has 0 aromatic heterocycles. The van der Waals surface area contributed by atoms with Crippen LogP contribution in [0.1, 0.15) is 44.3 Å². The lowest BCUT2D eigenvalue weighted by Crippen LogP contribution is -2.53. The Bertz CT molecular complexity index is 991. The van der Waals surface area contributed by atoms with Crippen LogP contribution in [0.3, 0.4) is 0 Å². The molecule has 3 fully saturated rings. The van der Waals surface area contributed by atoms with E-state index in [-0.39, 0.29) is 29.6 Å². The third kappa shape index (κ3) is 3.08. The average molecular weight is 421 g/mol. The SMILES string of the molecule is CCC[C@H]1C[C@@H]2C(=O)N(c3ccccc3)C(=O)[C@@H]2[C@@H]2C[C@@H](c3ccc(O)cc3)O[C@]12O. The Morgan fingerprint density at radius 3 is 2.42 bits per heavy atom. The van der Waals surface area contributed by atoms with E-state index in [9.17, 15) is 19.8 Å². The summed E-state index contributed by atoms with van der Waals surface area (Å²) in [7, 11) is 0. The van der Waals surface area contributed by atoms with Gasteiger partial charge in [0.2, 0.25) is 11.8 Å². The molecule has 2 aromatic rings. The molecule has 2 aliphatic heterocycles. The second-order valence-corrected chi connectivity index (χ2v) is 8.99. The average Bonchev–Trinajstić information content (AvgIpc) is 3.24. The smallest absolute Gasteiger partial charge is 0.238 e. The van der Waals surface area contributed by atoms with Crippen molar-refractivity contribution in [2.75, 3.05) is 4.90 Å². The highest BCUT2D eigenvalue weighted by atomic mass is 16.6. The van der Waals surface area contributed by atoms with E-state index in [1.165, 1.54) is 4.90 Å². The molecular weight excluding hydrogens is 394 g/mol. The summed E-state index contributed by atoms with van der Waals surface area (Å²) >= 11 is 0. The molecule has 6 atom stereocenters. The Hall–Kier alpha value is -2.70. The highest BCUT2D eigenvalue weighted by Gasteiger charge is 2.66. The number of nitrogens with zero attached hydrogens (tertiary/aromatic N) is 1. The topological polar surface area (TPSA) is 87.1 Å². The first kappa shape index (κ1) is 20.2. The number of phenolic OH excluding ortho intramolecular Hbond substituents is 1. The number of amides is 2. The van der Waals surface area contributed by atoms with Crippen LogP contribution in [0.5, 0.6) is 5.75 Å². The molecule has 0 radical (unpaired) electrons. The molecule has 2 amide bonds. The van der Waals surface area contributed by atoms with E-state index in [0.29, 0.717) is 18.5 Å². The zero-order chi connectivity index (χ0) is 21.8. The van der Waals surface area contributed by atoms with Crippen LogP contribution in [0.4, 0.5) is 5.69 Å². The van der Waals surface area contributed by atoms with Gasteiger partial charge in [-0.05, 0) is 49.1 Å². The third-order valence-electron chi connectivity index (χ3n) is 7.28. The molecule has 2 saturated heterocycles. The van der Waals surface area contributed by atoms with Crippen molar-refractivity contribution in [3.63, 3.8) is 0 Å². The second-order valence-electron chi connectivity index (χ2n) is 8.99. The summed E-state index contributed by atoms with van der Waals surface area (Å²) in [5, 5.41) is 21.4. The van der Waals surface area contributed by atoms with Gasteiger partial charge in [0.1, 0.15) is 5.75 Å². The van der Waals surface area contributed by atoms with Crippen LogP contribution in [0, 0.1) is 23.7 Å². The first-order valence-electron chi connectivity index (χ1n) is 11.1. The van der Waals surface area contributed by atoms with Gasteiger partial charge in [-0.1, -0.05) is 43.7 Å². The molecule has 1 aliphatic carbocycles. The van der Waals surface area contributed by atoms with Crippen LogP contribution in [-0.2, 0) is 14.3 Å². The number of carbonyl (C=O) groups excluding carboxylic acids is 2. The summed E-state index contributed by atoms with van der Waals surface area (Å²) in [6, 6.07) is 15.8. The largest absolute Gasteiger partial charge is 0.508 e. The molecule has 2 heterocycles. The number of carbonyl (C=O) groups is 2. The van der Waals surface area contributed by atoms with E-state index in [1.54, 1.807) is 36.4 Å². The number of aromatic hydroxyl groups is 1. The number of ether oxygens (including phenoxy) is 1. The predicted octanol–water partition coefficient (Wildman–Crippen LogP) is 3.78. The Kier molecular flexibility index (Phi) is 4.87. The van der Waals surface area contributed by atoms with Gasteiger partial charge in [-0.25, -0.2) is 0 Å². The Morgan fingerprint density at radius 1 is 1.03 bits per heavy atom. The van der Waals surface area contributed by atoms with Gasteiger partial charge in [-0.2, -0.15) is 0 Å². The predicted molar refractivity (Wildman–Crippen MR) is 114 cm³/mol. The second kappa shape index (κ2) is 7.46. The number of benzene rings is 2. The number of rotatable bonds is 4. The molecule has 2 N–H and O–H groups in total. The molecular formula is C25H27NO5. The number of aliphatic hydroxyl groups is 1. The van der Waals surface area contributed by atoms with Crippen LogP contribution in [0.15, 0.2) is 54.6 Å². The minimum absolute atomic E-state index is 0.164. The molecule has 0 unspecified atom stereocenters. The van der Waals surface area contributed by atoms with Crippen molar-refractivity contribution in [2.45, 2.75) is 44.5 Å². The molecule has 0 bridgehead atoms. The Morgan fingerprint density at radius 2 is 1.74 bits per heavy atom. The summed E-state index contributed by atoms with van der Waals surface area (Å²) < 4.78 is 6.27. The lowest BCUT2D eigenvalue weighted by Gasteiger charge is -2.44. The highest BCUT2D eigenvalue weighted by Crippen LogP contribution is 2.59. The van der Waals surface area contributed by atoms with Gasteiger partial charge in [0.05, 0.1) is 23.6 Å². The standard InChI is InChI=1S/C25H27NO5/c1-2-6-16-13-19-22(24(29)26(23(19)28)17-7-4-3-5-8-17)20-14-21(31-25(16,20)30)15-9-11-18(27)12-10-15/h3-5,7-12,16,19-22,27,30H,2,6,13-14H2,1H3/t16-,19-,20-,21-,22-,25+/m0/s1. The minimum atomic E-state index is -1.44. The van der Waals surface area contributed by atoms with Gasteiger partial charge in [0, 0.05) is 11.8 Å². The summed E-state index contributed by atoms with van der Waals surface area (Å²) in [5.41, 5.74) is 1.43. The van der Waals surface area contributed by atoms with Crippen molar-refractivity contribution in [3.05, 3.63) is 60.2 Å². The molecule has 31 heavy (non-hydrogen) atoms. The molecule has 2 aromatic carbocycles. The Balaban J connectivity index is 1.52. The van der Waals surface area contributed by atoms with E-state index in [0.717, 1.165) is 18.4 Å². The molecule has 1 saturated carbocycles. The fourth-order valence-electron chi connectivity index (χ4n) is 5.89. The van der Waals surface area contributed by atoms with Crippen LogP contribution >= 0.6 is 0 Å². The zero-order valence-electron chi connectivity index (χ0n) is 17.5. The first-order chi connectivity index (χ1) is 14.9. The van der Waals surface area contributed by atoms with Crippen molar-refractivity contribution in [1.29, 1.82) is 0 Å². The zero-order valence-corrected chi connectivity index (χ0v) is 17.5. The number of fused-ring (bicyclic) bond motifs is 3. The molecule has 6 heteroatoms. The van der Waals surface area contributed by atoms with E-state index in [4.69, 9.17) is 4.74 Å². The van der Waals surface area contributed by atoms with Crippen LogP contribution in [-0.4, -0.2) is 27.8 Å². The van der Waals surface area contributed by atoms with Crippen LogP contribution in [0.25, 0.3) is 0 Å². The van der Waals surface area contributed by atoms with E-state index >= 15 is 0 Å². The number of phenols is 1. The highest BCUT2D eigenvalue weighted by molar-refractivity contribution is 6.22. The summed E-state index contributed by atoms with van der Waals surface area (Å²) in [4.78, 5) is 28.1. The lowest BCUT2D eigenvalue weighted by atomic mass is 9.63. The van der Waals surface area contributed by atoms with Gasteiger partial charge in [0.15, 0.2) is 5.79 Å². The quantitative estimate of drug-likeness (QED) is 0.734. The minimum Gasteiger partial charge on any atom is -0.508 e. The van der Waals surface area contributed by atoms with Gasteiger partial charge in [-0.15, -0.1) is 0 Å².